The molecule has 0 atom stereocenters. The SMILES string of the molecule is NNC(=O)c1cc(CSc2ccccn2)on1. The monoisotopic (exact) mass is 250 g/mol. The van der Waals surface area contributed by atoms with Gasteiger partial charge in [0, 0.05) is 12.3 Å². The number of thioether (sulfide) groups is 1. The van der Waals surface area contributed by atoms with Gasteiger partial charge in [0.15, 0.2) is 5.69 Å². The van der Waals surface area contributed by atoms with E-state index < -0.39 is 5.91 Å². The topological polar surface area (TPSA) is 94.0 Å². The van der Waals surface area contributed by atoms with Gasteiger partial charge >= 0.3 is 0 Å². The minimum atomic E-state index is -0.470. The zero-order valence-electron chi connectivity index (χ0n) is 8.79. The van der Waals surface area contributed by atoms with Gasteiger partial charge < -0.3 is 4.52 Å². The fourth-order valence-corrected chi connectivity index (χ4v) is 1.88. The number of nitrogens with one attached hydrogen (secondary N) is 1. The molecule has 0 saturated carbocycles. The van der Waals surface area contributed by atoms with E-state index in [0.717, 1.165) is 5.03 Å². The van der Waals surface area contributed by atoms with Crippen molar-refractivity contribution in [3.8, 4) is 0 Å². The maximum absolute atomic E-state index is 11.1. The van der Waals surface area contributed by atoms with Crippen molar-refractivity contribution in [2.45, 2.75) is 10.8 Å². The van der Waals surface area contributed by atoms with Crippen molar-refractivity contribution in [2.24, 2.45) is 5.84 Å². The number of hydrogen-bond acceptors (Lipinski definition) is 6. The lowest BCUT2D eigenvalue weighted by molar-refractivity contribution is 0.0944. The van der Waals surface area contributed by atoms with Crippen LogP contribution in [0.2, 0.25) is 0 Å². The van der Waals surface area contributed by atoms with Gasteiger partial charge in [-0.1, -0.05) is 23.0 Å². The number of pyridine rings is 1. The van der Waals surface area contributed by atoms with Crippen molar-refractivity contribution in [1.29, 1.82) is 0 Å². The summed E-state index contributed by atoms with van der Waals surface area (Å²) < 4.78 is 4.99. The van der Waals surface area contributed by atoms with Crippen LogP contribution in [0.1, 0.15) is 16.2 Å². The molecule has 2 aromatic rings. The Hall–Kier alpha value is -1.86. The molecular weight excluding hydrogens is 240 g/mol. The predicted octanol–water partition coefficient (Wildman–Crippen LogP) is 0.965. The van der Waals surface area contributed by atoms with E-state index in [0.29, 0.717) is 11.5 Å². The van der Waals surface area contributed by atoms with Crippen LogP contribution >= 0.6 is 11.8 Å². The van der Waals surface area contributed by atoms with E-state index in [1.807, 2.05) is 23.6 Å². The smallest absolute Gasteiger partial charge is 0.287 e. The molecule has 2 rings (SSSR count). The maximum Gasteiger partial charge on any atom is 0.287 e. The molecule has 6 nitrogen and oxygen atoms in total. The number of nitrogens with zero attached hydrogens (tertiary/aromatic N) is 2. The third-order valence-electron chi connectivity index (χ3n) is 1.92. The van der Waals surface area contributed by atoms with Crippen LogP contribution in [0, 0.1) is 0 Å². The van der Waals surface area contributed by atoms with E-state index in [9.17, 15) is 4.79 Å². The van der Waals surface area contributed by atoms with Gasteiger partial charge in [0.1, 0.15) is 5.76 Å². The average molecular weight is 250 g/mol. The third kappa shape index (κ3) is 3.05. The Kier molecular flexibility index (Phi) is 3.73. The third-order valence-corrected chi connectivity index (χ3v) is 2.89. The summed E-state index contributed by atoms with van der Waals surface area (Å²) in [6.07, 6.45) is 1.72. The van der Waals surface area contributed by atoms with Crippen molar-refractivity contribution in [3.05, 3.63) is 41.9 Å². The molecular formula is C10H10N4O2S. The Bertz CT molecular complexity index is 500. The Morgan fingerprint density at radius 1 is 1.53 bits per heavy atom. The highest BCUT2D eigenvalue weighted by atomic mass is 32.2. The largest absolute Gasteiger partial charge is 0.360 e. The first kappa shape index (κ1) is 11.6. The van der Waals surface area contributed by atoms with E-state index in [4.69, 9.17) is 10.4 Å². The lowest BCUT2D eigenvalue weighted by Gasteiger charge is -1.95. The molecule has 88 valence electrons. The Balaban J connectivity index is 1.96. The Morgan fingerprint density at radius 3 is 3.12 bits per heavy atom. The number of rotatable bonds is 4. The van der Waals surface area contributed by atoms with Crippen LogP contribution in [0.25, 0.3) is 0 Å². The van der Waals surface area contributed by atoms with E-state index in [-0.39, 0.29) is 5.69 Å². The summed E-state index contributed by atoms with van der Waals surface area (Å²) in [5, 5.41) is 4.48. The van der Waals surface area contributed by atoms with E-state index in [2.05, 4.69) is 10.1 Å². The molecule has 17 heavy (non-hydrogen) atoms. The number of aromatic nitrogens is 2. The first-order valence-corrected chi connectivity index (χ1v) is 5.78. The number of hydrogen-bond donors (Lipinski definition) is 2. The van der Waals surface area contributed by atoms with Crippen molar-refractivity contribution in [1.82, 2.24) is 15.6 Å². The summed E-state index contributed by atoms with van der Waals surface area (Å²) in [5.74, 6) is 5.67. The standard InChI is InChI=1S/C10H10N4O2S/c11-13-10(15)8-5-7(16-14-8)6-17-9-3-1-2-4-12-9/h1-5H,6,11H2,(H,13,15). The molecule has 0 aliphatic heterocycles. The van der Waals surface area contributed by atoms with E-state index in [1.165, 1.54) is 11.8 Å². The van der Waals surface area contributed by atoms with Gasteiger partial charge in [0.05, 0.1) is 10.8 Å². The highest BCUT2D eigenvalue weighted by Gasteiger charge is 2.11. The molecule has 0 aliphatic carbocycles. The molecule has 1 amide bonds. The molecule has 0 spiro atoms. The number of nitrogen functional groups attached to an aromatic ring is 1. The van der Waals surface area contributed by atoms with E-state index in [1.54, 1.807) is 12.3 Å². The van der Waals surface area contributed by atoms with Gasteiger partial charge in [-0.25, -0.2) is 10.8 Å². The summed E-state index contributed by atoms with van der Waals surface area (Å²) in [7, 11) is 0. The number of carbonyl (C=O) groups excluding carboxylic acids is 1. The highest BCUT2D eigenvalue weighted by molar-refractivity contribution is 7.98. The Labute approximate surface area is 102 Å². The number of nitrogens with two attached hydrogens (primary N) is 1. The number of amides is 1. The molecule has 0 bridgehead atoms. The minimum absolute atomic E-state index is 0.170. The van der Waals surface area contributed by atoms with Crippen LogP contribution in [-0.4, -0.2) is 16.0 Å². The van der Waals surface area contributed by atoms with Gasteiger partial charge in [-0.15, -0.1) is 0 Å². The zero-order chi connectivity index (χ0) is 12.1. The summed E-state index contributed by atoms with van der Waals surface area (Å²) in [6.45, 7) is 0. The van der Waals surface area contributed by atoms with Crippen LogP contribution < -0.4 is 11.3 Å². The molecule has 0 saturated heterocycles. The lowest BCUT2D eigenvalue weighted by atomic mass is 10.4. The molecule has 2 aromatic heterocycles. The van der Waals surface area contributed by atoms with Crippen LogP contribution in [0.3, 0.4) is 0 Å². The summed E-state index contributed by atoms with van der Waals surface area (Å²) in [5.41, 5.74) is 2.16. The molecule has 0 aromatic carbocycles. The van der Waals surface area contributed by atoms with Crippen LogP contribution in [0.4, 0.5) is 0 Å². The van der Waals surface area contributed by atoms with E-state index >= 15 is 0 Å². The van der Waals surface area contributed by atoms with Crippen molar-refractivity contribution >= 4 is 17.7 Å². The maximum atomic E-state index is 11.1. The predicted molar refractivity (Wildman–Crippen MR) is 62.0 cm³/mol. The van der Waals surface area contributed by atoms with Gasteiger partial charge in [-0.2, -0.15) is 0 Å². The first-order valence-electron chi connectivity index (χ1n) is 4.80. The first-order chi connectivity index (χ1) is 8.29. The molecule has 0 radical (unpaired) electrons. The second-order valence-corrected chi connectivity index (χ2v) is 4.10. The van der Waals surface area contributed by atoms with Gasteiger partial charge in [0.2, 0.25) is 0 Å². The summed E-state index contributed by atoms with van der Waals surface area (Å²) in [6, 6.07) is 7.21. The van der Waals surface area contributed by atoms with Crippen molar-refractivity contribution in [3.63, 3.8) is 0 Å². The number of carbonyl (C=O) groups is 1. The van der Waals surface area contributed by atoms with Crippen molar-refractivity contribution in [2.75, 3.05) is 0 Å². The van der Waals surface area contributed by atoms with Crippen LogP contribution in [0.5, 0.6) is 0 Å². The molecule has 0 unspecified atom stereocenters. The van der Waals surface area contributed by atoms with Crippen molar-refractivity contribution < 1.29 is 9.32 Å². The fourth-order valence-electron chi connectivity index (χ4n) is 1.14. The van der Waals surface area contributed by atoms with Crippen LogP contribution in [-0.2, 0) is 5.75 Å². The lowest BCUT2D eigenvalue weighted by Crippen LogP contribution is -2.30. The Morgan fingerprint density at radius 2 is 2.41 bits per heavy atom. The second kappa shape index (κ2) is 5.46. The molecule has 0 fully saturated rings. The summed E-state index contributed by atoms with van der Waals surface area (Å²) >= 11 is 1.50. The van der Waals surface area contributed by atoms with Gasteiger partial charge in [-0.3, -0.25) is 10.2 Å². The highest BCUT2D eigenvalue weighted by Crippen LogP contribution is 2.20. The van der Waals surface area contributed by atoms with Gasteiger partial charge in [0.25, 0.3) is 5.91 Å². The fraction of sp³-hybridized carbons (Fsp3) is 0.100. The average Bonchev–Trinajstić information content (AvgIpc) is 2.85. The molecule has 2 heterocycles. The van der Waals surface area contributed by atoms with Gasteiger partial charge in [-0.05, 0) is 12.1 Å². The normalized spacial score (nSPS) is 10.2. The zero-order valence-corrected chi connectivity index (χ0v) is 9.61. The second-order valence-electron chi connectivity index (χ2n) is 3.11. The molecule has 0 aliphatic rings. The summed E-state index contributed by atoms with van der Waals surface area (Å²) in [4.78, 5) is 15.3. The minimum Gasteiger partial charge on any atom is -0.360 e. The number of hydrazine groups is 1. The molecule has 7 heteroatoms. The molecule has 3 N–H and O–H groups in total. The van der Waals surface area contributed by atoms with Crippen LogP contribution in [0.15, 0.2) is 40.0 Å². The quantitative estimate of drug-likeness (QED) is 0.363.